The van der Waals surface area contributed by atoms with Crippen LogP contribution in [0.5, 0.6) is 5.75 Å². The summed E-state index contributed by atoms with van der Waals surface area (Å²) in [4.78, 5) is 29.4. The highest BCUT2D eigenvalue weighted by atomic mass is 35.5. The number of aliphatic hydroxyl groups is 1. The van der Waals surface area contributed by atoms with Crippen LogP contribution in [0.2, 0.25) is 0 Å². The van der Waals surface area contributed by atoms with Crippen LogP contribution in [-0.2, 0) is 23.4 Å². The zero-order valence-electron chi connectivity index (χ0n) is 21.8. The number of hydrogen-bond acceptors (Lipinski definition) is 10. The zero-order chi connectivity index (χ0) is 29.2. The number of carbonyl (C=O) groups excluding carboxylic acids is 1. The second-order valence-electron chi connectivity index (χ2n) is 9.33. The summed E-state index contributed by atoms with van der Waals surface area (Å²) < 4.78 is 37.6. The van der Waals surface area contributed by atoms with Gasteiger partial charge in [-0.15, -0.1) is 6.42 Å². The number of alkyl halides is 1. The number of nitrogens with two attached hydrogens (primary N) is 1. The summed E-state index contributed by atoms with van der Waals surface area (Å²) in [6.07, 6.45) is 2.79. The van der Waals surface area contributed by atoms with Gasteiger partial charge in [0.05, 0.1) is 18.1 Å². The van der Waals surface area contributed by atoms with Crippen molar-refractivity contribution < 1.29 is 33.0 Å². The Morgan fingerprint density at radius 1 is 1.38 bits per heavy atom. The highest BCUT2D eigenvalue weighted by Crippen LogP contribution is 2.48. The molecule has 0 amide bonds. The standard InChI is InChI=1S/C25H29ClN5O8P/c1-5-25(26)19(32)18(38-23(25)31-12-11-17-20(31)28-24(27)29-21(17)33)13-36-40(35,39-16-9-7-6-8-10-16)30-15(4)22(34)37-14(2)3/h1,6-12,14-15,18-19,23,32H,13H2,2-4H3,(H,30,35)(H3,27,28,29,33)/t15-,18+,19-,23+,25?,40?/m0/s1. The van der Waals surface area contributed by atoms with Crippen LogP contribution in [0.15, 0.2) is 47.4 Å². The van der Waals surface area contributed by atoms with Gasteiger partial charge in [0, 0.05) is 6.20 Å². The fourth-order valence-electron chi connectivity index (χ4n) is 4.07. The number of anilines is 1. The van der Waals surface area contributed by atoms with Gasteiger partial charge in [0.15, 0.2) is 16.7 Å². The molecule has 4 rings (SSSR count). The maximum atomic E-state index is 13.8. The maximum Gasteiger partial charge on any atom is 0.459 e. The Morgan fingerprint density at radius 2 is 2.08 bits per heavy atom. The van der Waals surface area contributed by atoms with E-state index in [0.717, 1.165) is 0 Å². The number of nitrogen functional groups attached to an aromatic ring is 1. The molecule has 15 heteroatoms. The number of ether oxygens (including phenoxy) is 2. The van der Waals surface area contributed by atoms with Gasteiger partial charge in [-0.25, -0.2) is 4.57 Å². The van der Waals surface area contributed by atoms with E-state index in [2.05, 4.69) is 21.0 Å². The van der Waals surface area contributed by atoms with Crippen molar-refractivity contribution in [2.75, 3.05) is 12.3 Å². The van der Waals surface area contributed by atoms with Crippen LogP contribution in [0.3, 0.4) is 0 Å². The first-order valence-corrected chi connectivity index (χ1v) is 14.1. The zero-order valence-corrected chi connectivity index (χ0v) is 23.5. The topological polar surface area (TPSA) is 180 Å². The molecule has 2 aromatic heterocycles. The number of esters is 1. The Hall–Kier alpha value is -3.37. The van der Waals surface area contributed by atoms with E-state index in [4.69, 9.17) is 42.3 Å². The van der Waals surface area contributed by atoms with Crippen molar-refractivity contribution in [1.29, 1.82) is 0 Å². The number of para-hydroxylation sites is 1. The van der Waals surface area contributed by atoms with Gasteiger partial charge >= 0.3 is 13.7 Å². The lowest BCUT2D eigenvalue weighted by molar-refractivity contribution is -0.149. The molecule has 13 nitrogen and oxygen atoms in total. The first-order valence-electron chi connectivity index (χ1n) is 12.2. The van der Waals surface area contributed by atoms with Gasteiger partial charge in [0.2, 0.25) is 5.95 Å². The molecule has 3 aromatic rings. The summed E-state index contributed by atoms with van der Waals surface area (Å²) in [6, 6.07) is 8.53. The van der Waals surface area contributed by atoms with Crippen molar-refractivity contribution in [2.45, 2.75) is 56.2 Å². The molecule has 0 saturated carbocycles. The first-order chi connectivity index (χ1) is 18.9. The van der Waals surface area contributed by atoms with Crippen molar-refractivity contribution in [3.63, 3.8) is 0 Å². The monoisotopic (exact) mass is 593 g/mol. The number of aliphatic hydroxyl groups excluding tert-OH is 1. The van der Waals surface area contributed by atoms with Crippen LogP contribution in [0, 0.1) is 12.3 Å². The van der Waals surface area contributed by atoms with E-state index >= 15 is 0 Å². The molecule has 2 unspecified atom stereocenters. The number of nitrogens with one attached hydrogen (secondary N) is 2. The molecule has 214 valence electrons. The largest absolute Gasteiger partial charge is 0.462 e. The van der Waals surface area contributed by atoms with Crippen molar-refractivity contribution in [1.82, 2.24) is 19.6 Å². The van der Waals surface area contributed by atoms with Crippen LogP contribution in [0.25, 0.3) is 11.0 Å². The van der Waals surface area contributed by atoms with Crippen LogP contribution >= 0.6 is 19.3 Å². The molecule has 6 atom stereocenters. The van der Waals surface area contributed by atoms with Crippen LogP contribution < -0.4 is 20.9 Å². The predicted octanol–water partition coefficient (Wildman–Crippen LogP) is 2.31. The molecular weight excluding hydrogens is 565 g/mol. The summed E-state index contributed by atoms with van der Waals surface area (Å²) in [7, 11) is -4.27. The average Bonchev–Trinajstić information content (AvgIpc) is 3.42. The number of terminal acetylenes is 1. The summed E-state index contributed by atoms with van der Waals surface area (Å²) >= 11 is 6.68. The second-order valence-corrected chi connectivity index (χ2v) is 11.6. The fourth-order valence-corrected chi connectivity index (χ4v) is 5.87. The van der Waals surface area contributed by atoms with E-state index in [9.17, 15) is 19.3 Å². The van der Waals surface area contributed by atoms with Gasteiger partial charge in [-0.2, -0.15) is 10.1 Å². The van der Waals surface area contributed by atoms with Crippen molar-refractivity contribution in [2.24, 2.45) is 0 Å². The summed E-state index contributed by atoms with van der Waals surface area (Å²) in [5.41, 5.74) is 5.34. The lowest BCUT2D eigenvalue weighted by atomic mass is 9.99. The highest BCUT2D eigenvalue weighted by Gasteiger charge is 2.56. The van der Waals surface area contributed by atoms with Gasteiger partial charge in [-0.1, -0.05) is 35.7 Å². The Bertz CT molecular complexity index is 1520. The lowest BCUT2D eigenvalue weighted by Gasteiger charge is -2.26. The molecule has 0 bridgehead atoms. The fraction of sp³-hybridized carbons (Fsp3) is 0.400. The number of nitrogens with zero attached hydrogens (tertiary/aromatic N) is 2. The minimum atomic E-state index is -4.27. The van der Waals surface area contributed by atoms with E-state index < -0.39 is 61.3 Å². The van der Waals surface area contributed by atoms with E-state index in [1.165, 1.54) is 23.8 Å². The number of carbonyl (C=O) groups is 1. The normalized spacial score (nSPS) is 24.9. The predicted molar refractivity (Wildman–Crippen MR) is 147 cm³/mol. The van der Waals surface area contributed by atoms with Gasteiger partial charge < -0.3 is 29.4 Å². The number of aromatic amines is 1. The Labute approximate surface area is 234 Å². The number of halogens is 1. The molecular formula is C25H29ClN5O8P. The number of H-pyrrole nitrogens is 1. The third-order valence-corrected chi connectivity index (χ3v) is 8.12. The van der Waals surface area contributed by atoms with Crippen molar-refractivity contribution >= 4 is 42.3 Å². The smallest absolute Gasteiger partial charge is 0.459 e. The van der Waals surface area contributed by atoms with Crippen molar-refractivity contribution in [3.8, 4) is 18.1 Å². The highest BCUT2D eigenvalue weighted by molar-refractivity contribution is 7.52. The minimum absolute atomic E-state index is 0.123. The van der Waals surface area contributed by atoms with E-state index in [0.29, 0.717) is 0 Å². The van der Waals surface area contributed by atoms with Gasteiger partial charge in [0.25, 0.3) is 5.56 Å². The Balaban J connectivity index is 1.59. The Morgan fingerprint density at radius 3 is 2.73 bits per heavy atom. The molecule has 0 aliphatic carbocycles. The number of rotatable bonds is 10. The molecule has 3 heterocycles. The summed E-state index contributed by atoms with van der Waals surface area (Å²) in [5.74, 6) is 1.71. The van der Waals surface area contributed by atoms with E-state index in [-0.39, 0.29) is 22.7 Å². The molecule has 0 spiro atoms. The van der Waals surface area contributed by atoms with E-state index in [1.807, 2.05) is 0 Å². The molecule has 1 aromatic carbocycles. The summed E-state index contributed by atoms with van der Waals surface area (Å²) in [5, 5.41) is 13.8. The quantitative estimate of drug-likeness (QED) is 0.117. The first kappa shape index (κ1) is 29.6. The van der Waals surface area contributed by atoms with Gasteiger partial charge in [-0.05, 0) is 39.0 Å². The van der Waals surface area contributed by atoms with Gasteiger partial charge in [0.1, 0.15) is 24.0 Å². The average molecular weight is 594 g/mol. The number of fused-ring (bicyclic) bond motifs is 1. The molecule has 5 N–H and O–H groups in total. The van der Waals surface area contributed by atoms with Crippen LogP contribution in [-0.4, -0.2) is 61.4 Å². The Kier molecular flexibility index (Phi) is 8.60. The minimum Gasteiger partial charge on any atom is -0.462 e. The second kappa shape index (κ2) is 11.6. The number of benzene rings is 1. The molecule has 1 aliphatic rings. The third kappa shape index (κ3) is 6.02. The molecule has 40 heavy (non-hydrogen) atoms. The number of aromatic nitrogens is 3. The molecule has 0 radical (unpaired) electrons. The molecule has 1 fully saturated rings. The number of hydrogen-bond donors (Lipinski definition) is 4. The van der Waals surface area contributed by atoms with Gasteiger partial charge in [-0.3, -0.25) is 19.1 Å². The maximum absolute atomic E-state index is 13.8. The lowest BCUT2D eigenvalue weighted by Crippen LogP contribution is -2.42. The third-order valence-electron chi connectivity index (χ3n) is 5.95. The molecule has 1 saturated heterocycles. The van der Waals surface area contributed by atoms with E-state index in [1.54, 1.807) is 44.2 Å². The SMILES string of the molecule is C#CC1(Cl)[C@@H](O)[C@@H](COP(=O)(N[C@@H](C)C(=O)OC(C)C)Oc2ccccc2)O[C@H]1n1ccc2c(=O)[nH]c(N)nc21. The van der Waals surface area contributed by atoms with Crippen molar-refractivity contribution in [3.05, 3.63) is 52.9 Å². The molecule has 1 aliphatic heterocycles. The van der Waals surface area contributed by atoms with Crippen LogP contribution in [0.4, 0.5) is 5.95 Å². The summed E-state index contributed by atoms with van der Waals surface area (Å²) in [6.45, 7) is 4.26. The van der Waals surface area contributed by atoms with Crippen LogP contribution in [0.1, 0.15) is 27.0 Å².